The summed E-state index contributed by atoms with van der Waals surface area (Å²) in [7, 11) is 4.05. The van der Waals surface area contributed by atoms with Gasteiger partial charge in [0.1, 0.15) is 0 Å². The fraction of sp³-hybridized carbons (Fsp3) is 0.192. The number of hydrogen-bond donors (Lipinski definition) is 2. The number of H-pyrrole nitrogens is 1. The highest BCUT2D eigenvalue weighted by Crippen LogP contribution is 2.36. The van der Waals surface area contributed by atoms with Crippen LogP contribution >= 0.6 is 0 Å². The van der Waals surface area contributed by atoms with Crippen molar-refractivity contribution in [3.63, 3.8) is 0 Å². The molecule has 0 saturated carbocycles. The van der Waals surface area contributed by atoms with Crippen LogP contribution in [0.25, 0.3) is 10.9 Å². The van der Waals surface area contributed by atoms with Crippen molar-refractivity contribution in [1.82, 2.24) is 10.3 Å². The number of nitrogens with one attached hydrogen (secondary N) is 2. The molecule has 162 valence electrons. The Balaban J connectivity index is 1.46. The van der Waals surface area contributed by atoms with Gasteiger partial charge in [0.2, 0.25) is 6.79 Å². The second kappa shape index (κ2) is 8.30. The molecule has 32 heavy (non-hydrogen) atoms. The van der Waals surface area contributed by atoms with Gasteiger partial charge in [-0.3, -0.25) is 4.79 Å². The van der Waals surface area contributed by atoms with Gasteiger partial charge in [-0.05, 0) is 41.5 Å². The maximum Gasteiger partial charge on any atom is 0.255 e. The van der Waals surface area contributed by atoms with Crippen molar-refractivity contribution in [1.29, 1.82) is 0 Å². The zero-order valence-corrected chi connectivity index (χ0v) is 18.1. The van der Waals surface area contributed by atoms with Crippen LogP contribution < -0.4 is 19.7 Å². The fourth-order valence-corrected chi connectivity index (χ4v) is 4.19. The van der Waals surface area contributed by atoms with E-state index in [0.29, 0.717) is 23.6 Å². The molecule has 0 spiro atoms. The van der Waals surface area contributed by atoms with Crippen LogP contribution in [0.1, 0.15) is 27.4 Å². The van der Waals surface area contributed by atoms with Crippen LogP contribution in [-0.2, 0) is 0 Å². The van der Waals surface area contributed by atoms with E-state index in [-0.39, 0.29) is 18.6 Å². The number of para-hydroxylation sites is 2. The maximum atomic E-state index is 13.1. The summed E-state index contributed by atoms with van der Waals surface area (Å²) in [4.78, 5) is 18.5. The number of carbonyl (C=O) groups is 1. The third kappa shape index (κ3) is 3.64. The summed E-state index contributed by atoms with van der Waals surface area (Å²) >= 11 is 0. The lowest BCUT2D eigenvalue weighted by atomic mass is 9.90. The highest BCUT2D eigenvalue weighted by atomic mass is 16.7. The average Bonchev–Trinajstić information content (AvgIpc) is 3.47. The second-order valence-corrected chi connectivity index (χ2v) is 8.08. The van der Waals surface area contributed by atoms with Gasteiger partial charge in [0.05, 0.1) is 5.56 Å². The summed E-state index contributed by atoms with van der Waals surface area (Å²) in [6.07, 6.45) is 2.04. The summed E-state index contributed by atoms with van der Waals surface area (Å²) < 4.78 is 10.9. The van der Waals surface area contributed by atoms with Crippen molar-refractivity contribution >= 4 is 22.5 Å². The number of anilines is 1. The Morgan fingerprint density at radius 1 is 1.03 bits per heavy atom. The zero-order chi connectivity index (χ0) is 22.1. The first kappa shape index (κ1) is 20.0. The van der Waals surface area contributed by atoms with Crippen molar-refractivity contribution < 1.29 is 14.3 Å². The molecule has 1 amide bonds. The molecule has 5 rings (SSSR count). The summed E-state index contributed by atoms with van der Waals surface area (Å²) in [5.74, 6) is 0.913. The molecule has 4 aromatic rings. The molecule has 0 aliphatic carbocycles. The van der Waals surface area contributed by atoms with E-state index in [1.54, 1.807) is 18.2 Å². The molecule has 2 heterocycles. The van der Waals surface area contributed by atoms with Gasteiger partial charge in [-0.15, -0.1) is 0 Å². The molecule has 1 aliphatic rings. The first-order valence-electron chi connectivity index (χ1n) is 10.6. The molecule has 0 saturated heterocycles. The molecule has 0 fully saturated rings. The normalized spacial score (nSPS) is 13.2. The Morgan fingerprint density at radius 3 is 2.66 bits per heavy atom. The quantitative estimate of drug-likeness (QED) is 0.475. The van der Waals surface area contributed by atoms with Crippen LogP contribution in [-0.4, -0.2) is 38.3 Å². The van der Waals surface area contributed by atoms with Crippen LogP contribution in [0, 0.1) is 0 Å². The molecule has 6 nitrogen and oxygen atoms in total. The van der Waals surface area contributed by atoms with Gasteiger partial charge in [-0.1, -0.05) is 36.4 Å². The number of aromatic nitrogens is 1. The summed E-state index contributed by atoms with van der Waals surface area (Å²) in [6, 6.07) is 22.1. The van der Waals surface area contributed by atoms with Crippen molar-refractivity contribution in [2.24, 2.45) is 0 Å². The number of nitrogens with zero attached hydrogens (tertiary/aromatic N) is 1. The predicted octanol–water partition coefficient (Wildman–Crippen LogP) is 4.52. The Bertz CT molecular complexity index is 1260. The number of aromatic amines is 1. The predicted molar refractivity (Wildman–Crippen MR) is 126 cm³/mol. The number of hydrogen-bond acceptors (Lipinski definition) is 4. The fourth-order valence-electron chi connectivity index (χ4n) is 4.19. The molecule has 1 aliphatic heterocycles. The van der Waals surface area contributed by atoms with Crippen molar-refractivity contribution in [2.45, 2.75) is 5.92 Å². The van der Waals surface area contributed by atoms with Gasteiger partial charge < -0.3 is 24.7 Å². The van der Waals surface area contributed by atoms with Gasteiger partial charge in [0.15, 0.2) is 11.5 Å². The SMILES string of the molecule is CN(C)c1ccc(C(CNC(=O)c2cccc3c2OCO3)c2c[nH]c3ccccc23)cc1. The van der Waals surface area contributed by atoms with E-state index < -0.39 is 0 Å². The monoisotopic (exact) mass is 427 g/mol. The van der Waals surface area contributed by atoms with Gasteiger partial charge in [-0.25, -0.2) is 0 Å². The first-order chi connectivity index (χ1) is 15.6. The summed E-state index contributed by atoms with van der Waals surface area (Å²) in [5, 5.41) is 4.27. The minimum atomic E-state index is -0.179. The molecule has 1 unspecified atom stereocenters. The summed E-state index contributed by atoms with van der Waals surface area (Å²) in [6.45, 7) is 0.586. The van der Waals surface area contributed by atoms with Gasteiger partial charge in [-0.2, -0.15) is 0 Å². The lowest BCUT2D eigenvalue weighted by Crippen LogP contribution is -2.29. The van der Waals surface area contributed by atoms with Gasteiger partial charge >= 0.3 is 0 Å². The zero-order valence-electron chi connectivity index (χ0n) is 18.1. The van der Waals surface area contributed by atoms with Crippen LogP contribution in [0.15, 0.2) is 72.9 Å². The number of fused-ring (bicyclic) bond motifs is 2. The molecule has 1 atom stereocenters. The van der Waals surface area contributed by atoms with Crippen LogP contribution in [0.2, 0.25) is 0 Å². The largest absolute Gasteiger partial charge is 0.454 e. The Labute approximate surface area is 186 Å². The second-order valence-electron chi connectivity index (χ2n) is 8.08. The Hall–Kier alpha value is -3.93. The van der Waals surface area contributed by atoms with Crippen molar-refractivity contribution in [3.05, 3.63) is 89.6 Å². The van der Waals surface area contributed by atoms with Gasteiger partial charge in [0.25, 0.3) is 5.91 Å². The number of amides is 1. The topological polar surface area (TPSA) is 66.6 Å². The summed E-state index contributed by atoms with van der Waals surface area (Å²) in [5.41, 5.74) is 4.98. The molecular weight excluding hydrogens is 402 g/mol. The van der Waals surface area contributed by atoms with E-state index in [9.17, 15) is 4.79 Å². The van der Waals surface area contributed by atoms with Crippen LogP contribution in [0.5, 0.6) is 11.5 Å². The van der Waals surface area contributed by atoms with Crippen LogP contribution in [0.4, 0.5) is 5.69 Å². The highest BCUT2D eigenvalue weighted by Gasteiger charge is 2.24. The molecule has 3 aromatic carbocycles. The van der Waals surface area contributed by atoms with Crippen molar-refractivity contribution in [3.8, 4) is 11.5 Å². The molecule has 1 aromatic heterocycles. The van der Waals surface area contributed by atoms with E-state index in [1.807, 2.05) is 32.4 Å². The van der Waals surface area contributed by atoms with Gasteiger partial charge in [0, 0.05) is 49.3 Å². The van der Waals surface area contributed by atoms with Crippen LogP contribution in [0.3, 0.4) is 0 Å². The number of benzene rings is 3. The minimum absolute atomic E-state index is 0.0137. The van der Waals surface area contributed by atoms with E-state index in [4.69, 9.17) is 9.47 Å². The smallest absolute Gasteiger partial charge is 0.255 e. The standard InChI is InChI=1S/C26H25N3O3/c1-29(2)18-12-10-17(11-13-18)21(22-15-27-23-8-4-3-6-19(22)23)14-28-26(30)20-7-5-9-24-25(20)32-16-31-24/h3-13,15,21,27H,14,16H2,1-2H3,(H,28,30). The lowest BCUT2D eigenvalue weighted by molar-refractivity contribution is 0.0947. The Morgan fingerprint density at radius 2 is 1.84 bits per heavy atom. The van der Waals surface area contributed by atoms with E-state index in [0.717, 1.165) is 27.7 Å². The number of ether oxygens (including phenoxy) is 2. The average molecular weight is 428 g/mol. The van der Waals surface area contributed by atoms with Crippen molar-refractivity contribution in [2.75, 3.05) is 32.3 Å². The minimum Gasteiger partial charge on any atom is -0.454 e. The highest BCUT2D eigenvalue weighted by molar-refractivity contribution is 5.98. The third-order valence-electron chi connectivity index (χ3n) is 5.92. The number of rotatable bonds is 6. The Kier molecular flexibility index (Phi) is 5.19. The molecule has 2 N–H and O–H groups in total. The maximum absolute atomic E-state index is 13.1. The lowest BCUT2D eigenvalue weighted by Gasteiger charge is -2.20. The molecule has 0 bridgehead atoms. The molecule has 0 radical (unpaired) electrons. The number of carbonyl (C=O) groups excluding carboxylic acids is 1. The van der Waals surface area contributed by atoms with E-state index in [1.165, 1.54) is 0 Å². The first-order valence-corrected chi connectivity index (χ1v) is 10.6. The van der Waals surface area contributed by atoms with E-state index >= 15 is 0 Å². The van der Waals surface area contributed by atoms with E-state index in [2.05, 4.69) is 51.6 Å². The molecule has 6 heteroatoms. The third-order valence-corrected chi connectivity index (χ3v) is 5.92. The molecular formula is C26H25N3O3.